The lowest BCUT2D eigenvalue weighted by atomic mass is 10.1. The SMILES string of the molecule is CC/C=C\C/C=C\C/C=C\C/C=C\C/C=C\C/C=C\C/C=C\CCCCCCCC(=O)OCC(COC(=O)CCCCCCC/C=C\CCCCCC)OC(=O)CCCCCCCCCC/C=C\C/C=C\C/C=C\C/C=C\CC. The first-order chi connectivity index (χ1) is 39.0. The summed E-state index contributed by atoms with van der Waals surface area (Å²) in [6, 6.07) is 0. The van der Waals surface area contributed by atoms with Gasteiger partial charge in [0.25, 0.3) is 0 Å². The zero-order valence-electron chi connectivity index (χ0n) is 51.1. The average Bonchev–Trinajstić information content (AvgIpc) is 3.45. The Morgan fingerprint density at radius 3 is 0.785 bits per heavy atom. The molecule has 0 aromatic rings. The average molecular weight is 1090 g/mol. The van der Waals surface area contributed by atoms with Gasteiger partial charge < -0.3 is 14.2 Å². The van der Waals surface area contributed by atoms with E-state index in [4.69, 9.17) is 14.2 Å². The molecule has 1 unspecified atom stereocenters. The number of rotatable bonds is 57. The highest BCUT2D eigenvalue weighted by Crippen LogP contribution is 2.15. The zero-order chi connectivity index (χ0) is 57.1. The summed E-state index contributed by atoms with van der Waals surface area (Å²) in [7, 11) is 0. The third-order valence-corrected chi connectivity index (χ3v) is 13.3. The normalized spacial score (nSPS) is 13.1. The number of hydrogen-bond donors (Lipinski definition) is 0. The molecule has 0 spiro atoms. The van der Waals surface area contributed by atoms with E-state index < -0.39 is 6.10 Å². The second kappa shape index (κ2) is 65.8. The molecule has 0 amide bonds. The summed E-state index contributed by atoms with van der Waals surface area (Å²) in [6.07, 6.45) is 94.2. The van der Waals surface area contributed by atoms with E-state index in [9.17, 15) is 14.4 Å². The maximum atomic E-state index is 12.9. The third kappa shape index (κ3) is 64.0. The molecular weight excluding hydrogens is 973 g/mol. The van der Waals surface area contributed by atoms with E-state index in [-0.39, 0.29) is 31.1 Å². The van der Waals surface area contributed by atoms with Crippen molar-refractivity contribution in [1.29, 1.82) is 0 Å². The predicted molar refractivity (Wildman–Crippen MR) is 343 cm³/mol. The molecule has 0 heterocycles. The van der Waals surface area contributed by atoms with Crippen molar-refractivity contribution in [3.05, 3.63) is 146 Å². The van der Waals surface area contributed by atoms with Crippen molar-refractivity contribution in [2.24, 2.45) is 0 Å². The molecule has 0 saturated heterocycles. The van der Waals surface area contributed by atoms with Crippen LogP contribution in [0.25, 0.3) is 0 Å². The van der Waals surface area contributed by atoms with Crippen molar-refractivity contribution in [1.82, 2.24) is 0 Å². The number of carbonyl (C=O) groups is 3. The van der Waals surface area contributed by atoms with E-state index in [1.54, 1.807) is 0 Å². The summed E-state index contributed by atoms with van der Waals surface area (Å²) in [5.74, 6) is -0.932. The molecular formula is C73H118O6. The lowest BCUT2D eigenvalue weighted by Gasteiger charge is -2.18. The van der Waals surface area contributed by atoms with Crippen LogP contribution < -0.4 is 0 Å². The molecule has 0 aliphatic carbocycles. The summed E-state index contributed by atoms with van der Waals surface area (Å²) < 4.78 is 16.9. The minimum Gasteiger partial charge on any atom is -0.462 e. The Morgan fingerprint density at radius 1 is 0.266 bits per heavy atom. The molecule has 0 bridgehead atoms. The Bertz CT molecular complexity index is 1730. The lowest BCUT2D eigenvalue weighted by molar-refractivity contribution is -0.167. The van der Waals surface area contributed by atoms with Gasteiger partial charge in [0.2, 0.25) is 0 Å². The smallest absolute Gasteiger partial charge is 0.306 e. The second-order valence-electron chi connectivity index (χ2n) is 20.9. The van der Waals surface area contributed by atoms with E-state index >= 15 is 0 Å². The van der Waals surface area contributed by atoms with Gasteiger partial charge in [0.1, 0.15) is 13.2 Å². The standard InChI is InChI=1S/C73H118O6/c1-4-7-10-13-16-19-22-25-27-29-31-33-34-35-36-37-38-40-41-43-45-48-51-54-57-60-63-66-72(75)78-69-70(68-77-71(74)65-62-59-56-53-50-47-24-21-18-15-12-9-6-3)79-73(76)67-64-61-58-55-52-49-46-44-42-39-32-30-28-26-23-20-17-14-11-8-5-2/h7-8,10-11,16-17,19-21,24-28,31-33,35-36,38-40,43,45,70H,4-6,9,12-15,18,22-23,29-30,34,37,41-42,44,46-69H2,1-3H3/b10-7-,11-8-,19-16-,20-17-,24-21-,27-25-,28-26-,33-31-,36-35-,39-32-,40-38-,45-43-. The molecule has 0 aromatic heterocycles. The first kappa shape index (κ1) is 74.3. The van der Waals surface area contributed by atoms with E-state index in [1.807, 2.05) is 0 Å². The number of allylic oxidation sites excluding steroid dienone is 24. The number of ether oxygens (including phenoxy) is 3. The molecule has 446 valence electrons. The summed E-state index contributed by atoms with van der Waals surface area (Å²) in [5, 5.41) is 0. The molecule has 6 heteroatoms. The minimum absolute atomic E-state index is 0.0965. The first-order valence-corrected chi connectivity index (χ1v) is 32.3. The molecule has 79 heavy (non-hydrogen) atoms. The van der Waals surface area contributed by atoms with E-state index in [2.05, 4.69) is 167 Å². The van der Waals surface area contributed by atoms with Gasteiger partial charge >= 0.3 is 17.9 Å². The lowest BCUT2D eigenvalue weighted by Crippen LogP contribution is -2.30. The van der Waals surface area contributed by atoms with Gasteiger partial charge in [-0.3, -0.25) is 14.4 Å². The summed E-state index contributed by atoms with van der Waals surface area (Å²) >= 11 is 0. The largest absolute Gasteiger partial charge is 0.462 e. The van der Waals surface area contributed by atoms with Gasteiger partial charge in [-0.2, -0.15) is 0 Å². The van der Waals surface area contributed by atoms with Gasteiger partial charge in [-0.15, -0.1) is 0 Å². The number of hydrogen-bond acceptors (Lipinski definition) is 6. The molecule has 0 aliphatic heterocycles. The van der Waals surface area contributed by atoms with Crippen LogP contribution in [0.3, 0.4) is 0 Å². The molecule has 0 saturated carbocycles. The molecule has 1 atom stereocenters. The minimum atomic E-state index is -0.802. The molecule has 0 fully saturated rings. The van der Waals surface area contributed by atoms with Gasteiger partial charge in [0.05, 0.1) is 0 Å². The van der Waals surface area contributed by atoms with Gasteiger partial charge in [-0.1, -0.05) is 263 Å². The van der Waals surface area contributed by atoms with Crippen LogP contribution in [0.4, 0.5) is 0 Å². The molecule has 6 nitrogen and oxygen atoms in total. The monoisotopic (exact) mass is 1090 g/mol. The van der Waals surface area contributed by atoms with Crippen molar-refractivity contribution in [3.63, 3.8) is 0 Å². The Balaban J connectivity index is 4.42. The van der Waals surface area contributed by atoms with Gasteiger partial charge in [0, 0.05) is 19.3 Å². The summed E-state index contributed by atoms with van der Waals surface area (Å²) in [4.78, 5) is 38.3. The van der Waals surface area contributed by atoms with Crippen LogP contribution in [0.5, 0.6) is 0 Å². The van der Waals surface area contributed by atoms with Crippen LogP contribution in [0.15, 0.2) is 146 Å². The fourth-order valence-electron chi connectivity index (χ4n) is 8.53. The number of carbonyl (C=O) groups excluding carboxylic acids is 3. The Hall–Kier alpha value is -4.71. The van der Waals surface area contributed by atoms with Crippen LogP contribution in [-0.4, -0.2) is 37.2 Å². The third-order valence-electron chi connectivity index (χ3n) is 13.3. The Kier molecular flexibility index (Phi) is 61.9. The van der Waals surface area contributed by atoms with Crippen molar-refractivity contribution in [3.8, 4) is 0 Å². The highest BCUT2D eigenvalue weighted by atomic mass is 16.6. The Labute approximate surface area is 487 Å². The second-order valence-corrected chi connectivity index (χ2v) is 20.9. The van der Waals surface area contributed by atoms with Crippen molar-refractivity contribution >= 4 is 17.9 Å². The summed E-state index contributed by atoms with van der Waals surface area (Å²) in [6.45, 7) is 6.37. The first-order valence-electron chi connectivity index (χ1n) is 32.3. The quantitative estimate of drug-likeness (QED) is 0.0261. The molecule has 0 radical (unpaired) electrons. The highest BCUT2D eigenvalue weighted by Gasteiger charge is 2.19. The Morgan fingerprint density at radius 2 is 0.494 bits per heavy atom. The van der Waals surface area contributed by atoms with Crippen LogP contribution in [0.2, 0.25) is 0 Å². The van der Waals surface area contributed by atoms with Crippen LogP contribution in [0, 0.1) is 0 Å². The van der Waals surface area contributed by atoms with Gasteiger partial charge in [0.15, 0.2) is 6.10 Å². The molecule has 0 aromatic carbocycles. The predicted octanol–water partition coefficient (Wildman–Crippen LogP) is 22.3. The molecule has 0 aliphatic rings. The van der Waals surface area contributed by atoms with E-state index in [0.717, 1.165) is 167 Å². The van der Waals surface area contributed by atoms with E-state index in [1.165, 1.54) is 70.6 Å². The van der Waals surface area contributed by atoms with Crippen molar-refractivity contribution in [2.75, 3.05) is 13.2 Å². The number of esters is 3. The van der Waals surface area contributed by atoms with Crippen LogP contribution in [-0.2, 0) is 28.6 Å². The summed E-state index contributed by atoms with van der Waals surface area (Å²) in [5.41, 5.74) is 0. The maximum Gasteiger partial charge on any atom is 0.306 e. The molecule has 0 rings (SSSR count). The van der Waals surface area contributed by atoms with E-state index in [0.29, 0.717) is 19.3 Å². The zero-order valence-corrected chi connectivity index (χ0v) is 51.1. The van der Waals surface area contributed by atoms with Crippen molar-refractivity contribution < 1.29 is 28.6 Å². The van der Waals surface area contributed by atoms with Gasteiger partial charge in [-0.05, 0) is 141 Å². The van der Waals surface area contributed by atoms with Crippen molar-refractivity contribution in [2.45, 2.75) is 284 Å². The maximum absolute atomic E-state index is 12.9. The van der Waals surface area contributed by atoms with Gasteiger partial charge in [-0.25, -0.2) is 0 Å². The highest BCUT2D eigenvalue weighted by molar-refractivity contribution is 5.71. The van der Waals surface area contributed by atoms with Crippen LogP contribution >= 0.6 is 0 Å². The van der Waals surface area contributed by atoms with Crippen LogP contribution in [0.1, 0.15) is 278 Å². The fourth-order valence-corrected chi connectivity index (χ4v) is 8.53. The topological polar surface area (TPSA) is 78.9 Å². The molecule has 0 N–H and O–H groups in total. The fraction of sp³-hybridized carbons (Fsp3) is 0.630. The number of unbranched alkanes of at least 4 members (excludes halogenated alkanes) is 22.